The second-order valence-electron chi connectivity index (χ2n) is 6.51. The third kappa shape index (κ3) is 2.78. The van der Waals surface area contributed by atoms with E-state index in [9.17, 15) is 13.2 Å². The fourth-order valence-electron chi connectivity index (χ4n) is 3.10. The Morgan fingerprint density at radius 2 is 2.25 bits per heavy atom. The van der Waals surface area contributed by atoms with Crippen LogP contribution in [-0.4, -0.2) is 53.3 Å². The van der Waals surface area contributed by atoms with Crippen LogP contribution in [-0.2, 0) is 19.7 Å². The van der Waals surface area contributed by atoms with Crippen LogP contribution < -0.4 is 5.32 Å². The second-order valence-corrected chi connectivity index (χ2v) is 8.73. The Morgan fingerprint density at radius 3 is 2.96 bits per heavy atom. The molecular weight excluding hydrogens is 332 g/mol. The first-order chi connectivity index (χ1) is 11.5. The van der Waals surface area contributed by atoms with E-state index in [0.717, 1.165) is 12.8 Å². The molecule has 1 aromatic heterocycles. The quantitative estimate of drug-likeness (QED) is 0.863. The van der Waals surface area contributed by atoms with Crippen LogP contribution in [0.3, 0.4) is 0 Å². The summed E-state index contributed by atoms with van der Waals surface area (Å²) in [6.45, 7) is 0.685. The average Bonchev–Trinajstić information content (AvgIpc) is 3.24. The number of oxime groups is 1. The number of carbonyl (C=O) groups excluding carboxylic acids is 1. The van der Waals surface area contributed by atoms with Crippen molar-refractivity contribution in [3.05, 3.63) is 24.5 Å². The number of sulfonamides is 1. The smallest absolute Gasteiger partial charge is 0.273 e. The predicted octanol–water partition coefficient (Wildman–Crippen LogP) is 0.733. The van der Waals surface area contributed by atoms with Gasteiger partial charge in [-0.1, -0.05) is 5.16 Å². The van der Waals surface area contributed by atoms with Crippen molar-refractivity contribution in [3.8, 4) is 0 Å². The summed E-state index contributed by atoms with van der Waals surface area (Å²) in [5.41, 5.74) is 0.156. The van der Waals surface area contributed by atoms with Crippen molar-refractivity contribution in [2.45, 2.75) is 36.5 Å². The number of aromatic nitrogens is 1. The van der Waals surface area contributed by atoms with Gasteiger partial charge in [-0.3, -0.25) is 9.78 Å². The maximum Gasteiger partial charge on any atom is 0.273 e. The van der Waals surface area contributed by atoms with Gasteiger partial charge in [0.25, 0.3) is 5.91 Å². The molecule has 0 aromatic carbocycles. The number of amides is 1. The number of anilines is 1. The Labute approximate surface area is 139 Å². The molecule has 9 heteroatoms. The van der Waals surface area contributed by atoms with Gasteiger partial charge in [-0.05, 0) is 25.0 Å². The van der Waals surface area contributed by atoms with Crippen LogP contribution in [0.4, 0.5) is 5.69 Å². The number of pyridine rings is 1. The summed E-state index contributed by atoms with van der Waals surface area (Å²) in [7, 11) is -3.22. The lowest BCUT2D eigenvalue weighted by Gasteiger charge is -2.21. The fraction of sp³-hybridized carbons (Fsp3) is 0.533. The first-order valence-electron chi connectivity index (χ1n) is 7.94. The summed E-state index contributed by atoms with van der Waals surface area (Å²) in [6, 6.07) is 3.46. The molecule has 1 spiro atoms. The fourth-order valence-corrected chi connectivity index (χ4v) is 5.02. The van der Waals surface area contributed by atoms with Gasteiger partial charge in [0, 0.05) is 25.6 Å². The molecule has 1 aromatic rings. The minimum absolute atomic E-state index is 0.233. The largest absolute Gasteiger partial charge is 0.387 e. The van der Waals surface area contributed by atoms with Gasteiger partial charge in [-0.2, -0.15) is 4.31 Å². The lowest BCUT2D eigenvalue weighted by atomic mass is 9.96. The molecule has 2 fully saturated rings. The highest BCUT2D eigenvalue weighted by atomic mass is 32.2. The van der Waals surface area contributed by atoms with Crippen LogP contribution >= 0.6 is 0 Å². The molecule has 0 unspecified atom stereocenters. The average molecular weight is 350 g/mol. The Hall–Kier alpha value is -2.00. The molecule has 1 saturated carbocycles. The maximum atomic E-state index is 12.3. The van der Waals surface area contributed by atoms with E-state index in [4.69, 9.17) is 4.84 Å². The third-order valence-electron chi connectivity index (χ3n) is 4.61. The van der Waals surface area contributed by atoms with E-state index in [-0.39, 0.29) is 23.4 Å². The van der Waals surface area contributed by atoms with Crippen LogP contribution in [0.2, 0.25) is 0 Å². The molecule has 4 rings (SSSR count). The topological polar surface area (TPSA) is 101 Å². The van der Waals surface area contributed by atoms with Crippen LogP contribution in [0.25, 0.3) is 0 Å². The van der Waals surface area contributed by atoms with Crippen molar-refractivity contribution in [2.75, 3.05) is 18.4 Å². The van der Waals surface area contributed by atoms with E-state index in [1.165, 1.54) is 4.31 Å². The van der Waals surface area contributed by atoms with Crippen molar-refractivity contribution >= 4 is 27.3 Å². The molecule has 1 N–H and O–H groups in total. The SMILES string of the molecule is O=C(Nc1cccnc1)C1=NO[C@]2(CCN(S(=O)(=O)C3CC3)C2)C1. The van der Waals surface area contributed by atoms with E-state index in [1.807, 2.05) is 0 Å². The minimum Gasteiger partial charge on any atom is -0.387 e. The monoisotopic (exact) mass is 350 g/mol. The number of nitrogens with one attached hydrogen (secondary N) is 1. The van der Waals surface area contributed by atoms with Crippen molar-refractivity contribution in [1.29, 1.82) is 0 Å². The van der Waals surface area contributed by atoms with Gasteiger partial charge in [-0.15, -0.1) is 0 Å². The van der Waals surface area contributed by atoms with Gasteiger partial charge < -0.3 is 10.2 Å². The Bertz CT molecular complexity index is 791. The molecule has 1 atom stereocenters. The molecule has 3 aliphatic rings. The van der Waals surface area contributed by atoms with Crippen molar-refractivity contribution in [2.24, 2.45) is 5.16 Å². The minimum atomic E-state index is -3.22. The highest BCUT2D eigenvalue weighted by Crippen LogP contribution is 2.39. The van der Waals surface area contributed by atoms with Crippen LogP contribution in [0.1, 0.15) is 25.7 Å². The molecular formula is C15H18N4O4S. The lowest BCUT2D eigenvalue weighted by molar-refractivity contribution is -0.110. The summed E-state index contributed by atoms with van der Waals surface area (Å²) in [6.07, 6.45) is 5.50. The molecule has 128 valence electrons. The van der Waals surface area contributed by atoms with Gasteiger partial charge in [0.15, 0.2) is 5.60 Å². The first-order valence-corrected chi connectivity index (χ1v) is 9.44. The third-order valence-corrected chi connectivity index (χ3v) is 6.95. The zero-order valence-electron chi connectivity index (χ0n) is 13.0. The van der Waals surface area contributed by atoms with Gasteiger partial charge in [0.1, 0.15) is 5.71 Å². The lowest BCUT2D eigenvalue weighted by Crippen LogP contribution is -2.38. The Morgan fingerprint density at radius 1 is 1.42 bits per heavy atom. The molecule has 1 saturated heterocycles. The summed E-state index contributed by atoms with van der Waals surface area (Å²) in [5.74, 6) is -0.344. The Kier molecular flexibility index (Phi) is 3.57. The normalized spacial score (nSPS) is 27.1. The summed E-state index contributed by atoms with van der Waals surface area (Å²) >= 11 is 0. The van der Waals surface area contributed by atoms with Gasteiger partial charge in [0.05, 0.1) is 23.7 Å². The van der Waals surface area contributed by atoms with Crippen LogP contribution in [0.15, 0.2) is 29.7 Å². The Balaban J connectivity index is 1.40. The van der Waals surface area contributed by atoms with E-state index in [1.54, 1.807) is 24.5 Å². The van der Waals surface area contributed by atoms with Gasteiger partial charge in [0.2, 0.25) is 10.0 Å². The molecule has 2 aliphatic heterocycles. The van der Waals surface area contributed by atoms with Crippen molar-refractivity contribution in [3.63, 3.8) is 0 Å². The maximum absolute atomic E-state index is 12.3. The van der Waals surface area contributed by atoms with Gasteiger partial charge in [-0.25, -0.2) is 8.42 Å². The molecule has 8 nitrogen and oxygen atoms in total. The van der Waals surface area contributed by atoms with E-state index < -0.39 is 15.6 Å². The number of rotatable bonds is 4. The van der Waals surface area contributed by atoms with Crippen molar-refractivity contribution in [1.82, 2.24) is 9.29 Å². The molecule has 1 amide bonds. The molecule has 24 heavy (non-hydrogen) atoms. The summed E-state index contributed by atoms with van der Waals surface area (Å²) in [5, 5.41) is 6.39. The van der Waals surface area contributed by atoms with Crippen molar-refractivity contribution < 1.29 is 18.0 Å². The number of hydrogen-bond donors (Lipinski definition) is 1. The highest BCUT2D eigenvalue weighted by Gasteiger charge is 2.52. The molecule has 1 aliphatic carbocycles. The van der Waals surface area contributed by atoms with E-state index in [0.29, 0.717) is 25.1 Å². The summed E-state index contributed by atoms with van der Waals surface area (Å²) in [4.78, 5) is 21.7. The molecule has 0 radical (unpaired) electrons. The summed E-state index contributed by atoms with van der Waals surface area (Å²) < 4.78 is 26.2. The number of nitrogens with zero attached hydrogens (tertiary/aromatic N) is 3. The first kappa shape index (κ1) is 15.5. The van der Waals surface area contributed by atoms with Crippen LogP contribution in [0.5, 0.6) is 0 Å². The molecule has 3 heterocycles. The zero-order chi connectivity index (χ0) is 16.8. The molecule has 0 bridgehead atoms. The predicted molar refractivity (Wildman–Crippen MR) is 86.9 cm³/mol. The van der Waals surface area contributed by atoms with Crippen LogP contribution in [0, 0.1) is 0 Å². The zero-order valence-corrected chi connectivity index (χ0v) is 13.8. The van der Waals surface area contributed by atoms with E-state index >= 15 is 0 Å². The standard InChI is InChI=1S/C15H18N4O4S/c20-14(17-11-2-1-6-16-9-11)13-8-15(23-18-13)5-7-19(10-15)24(21,22)12-3-4-12/h1-2,6,9,12H,3-5,7-8,10H2,(H,17,20)/t15-/m1/s1. The second kappa shape index (κ2) is 5.52. The number of carbonyl (C=O) groups is 1. The van der Waals surface area contributed by atoms with E-state index in [2.05, 4.69) is 15.5 Å². The van der Waals surface area contributed by atoms with Gasteiger partial charge >= 0.3 is 0 Å². The highest BCUT2D eigenvalue weighted by molar-refractivity contribution is 7.90. The number of hydrogen-bond acceptors (Lipinski definition) is 6.